The third kappa shape index (κ3) is 7.93. The maximum Gasteiger partial charge on any atom is -0.0321 e. The highest BCUT2D eigenvalue weighted by atomic mass is 14.6. The maximum absolute atomic E-state index is 2.72. The van der Waals surface area contributed by atoms with E-state index < -0.39 is 0 Å². The summed E-state index contributed by atoms with van der Waals surface area (Å²) in [6.07, 6.45) is 46.2. The molecule has 0 heteroatoms. The minimum absolute atomic E-state index is 0.996. The van der Waals surface area contributed by atoms with E-state index in [2.05, 4.69) is 20.8 Å². The molecule has 0 nitrogen and oxygen atoms in total. The highest BCUT2D eigenvalue weighted by Gasteiger charge is 2.59. The third-order valence-electron chi connectivity index (χ3n) is 20.5. The number of fused-ring (bicyclic) bond motifs is 6. The molecule has 0 aromatic carbocycles. The zero-order chi connectivity index (χ0) is 36.5. The molecule has 0 radical (unpaired) electrons. The van der Waals surface area contributed by atoms with Crippen LogP contribution >= 0.6 is 0 Å². The van der Waals surface area contributed by atoms with Crippen LogP contribution in [0.1, 0.15) is 221 Å². The maximum atomic E-state index is 2.72. The molecule has 0 aromatic rings. The fraction of sp³-hybridized carbons (Fsp3) is 1.00. The van der Waals surface area contributed by atoms with Crippen molar-refractivity contribution in [3.63, 3.8) is 0 Å². The third-order valence-corrected chi connectivity index (χ3v) is 20.5. The van der Waals surface area contributed by atoms with Gasteiger partial charge in [0.15, 0.2) is 0 Å². The summed E-state index contributed by atoms with van der Waals surface area (Å²) in [5.41, 5.74) is 0. The molecule has 0 spiro atoms. The van der Waals surface area contributed by atoms with Crippen LogP contribution in [0.15, 0.2) is 0 Å². The molecular weight excluding hydrogens is 637 g/mol. The Morgan fingerprint density at radius 2 is 0.868 bits per heavy atom. The normalized spacial score (nSPS) is 51.5. The molecule has 0 aromatic heterocycles. The summed E-state index contributed by atoms with van der Waals surface area (Å²) in [7, 11) is 0. The Balaban J connectivity index is 0.00000197. The quantitative estimate of drug-likeness (QED) is 0.239. The lowest BCUT2D eigenvalue weighted by molar-refractivity contribution is -0.146. The molecule has 9 aliphatic carbocycles. The van der Waals surface area contributed by atoms with Gasteiger partial charge in [0.2, 0.25) is 0 Å². The Morgan fingerprint density at radius 3 is 1.58 bits per heavy atom. The molecule has 0 N–H and O–H groups in total. The fourth-order valence-corrected chi connectivity index (χ4v) is 18.9. The van der Waals surface area contributed by atoms with Gasteiger partial charge in [0.05, 0.1) is 0 Å². The van der Waals surface area contributed by atoms with Crippen molar-refractivity contribution in [1.29, 1.82) is 0 Å². The molecule has 9 rings (SSSR count). The van der Waals surface area contributed by atoms with Gasteiger partial charge in [-0.2, -0.15) is 0 Å². The topological polar surface area (TPSA) is 0 Å². The first-order valence-corrected chi connectivity index (χ1v) is 26.1. The molecule has 0 bridgehead atoms. The van der Waals surface area contributed by atoms with E-state index in [9.17, 15) is 0 Å². The molecule has 53 heavy (non-hydrogen) atoms. The van der Waals surface area contributed by atoms with Gasteiger partial charge < -0.3 is 0 Å². The van der Waals surface area contributed by atoms with Crippen molar-refractivity contribution in [1.82, 2.24) is 0 Å². The number of rotatable bonds is 6. The van der Waals surface area contributed by atoms with E-state index in [1.807, 2.05) is 13.8 Å². The molecule has 19 atom stereocenters. The van der Waals surface area contributed by atoms with Crippen molar-refractivity contribution in [3.8, 4) is 0 Å². The molecule has 9 fully saturated rings. The second-order valence-corrected chi connectivity index (χ2v) is 22.6. The highest BCUT2D eigenvalue weighted by Crippen LogP contribution is 2.66. The van der Waals surface area contributed by atoms with E-state index in [0.29, 0.717) is 0 Å². The van der Waals surface area contributed by atoms with Gasteiger partial charge in [-0.25, -0.2) is 0 Å². The summed E-state index contributed by atoms with van der Waals surface area (Å²) in [5, 5.41) is 0. The molecular formula is C53H92. The number of unbranched alkanes of at least 4 members (excludes halogenated alkanes) is 1. The average molecular weight is 729 g/mol. The van der Waals surface area contributed by atoms with Crippen molar-refractivity contribution in [2.45, 2.75) is 221 Å². The Labute approximate surface area is 332 Å². The number of hydrogen-bond acceptors (Lipinski definition) is 0. The van der Waals surface area contributed by atoms with E-state index in [1.165, 1.54) is 12.8 Å². The molecule has 0 aliphatic heterocycles. The molecule has 0 heterocycles. The van der Waals surface area contributed by atoms with Gasteiger partial charge in [-0.15, -0.1) is 0 Å². The largest absolute Gasteiger partial charge is 0.0683 e. The summed E-state index contributed by atoms with van der Waals surface area (Å²) in [6, 6.07) is 0. The van der Waals surface area contributed by atoms with Gasteiger partial charge >= 0.3 is 0 Å². The van der Waals surface area contributed by atoms with Crippen molar-refractivity contribution >= 4 is 0 Å². The molecule has 0 amide bonds. The van der Waals surface area contributed by atoms with Crippen LogP contribution < -0.4 is 0 Å². The van der Waals surface area contributed by atoms with Gasteiger partial charge in [-0.3, -0.25) is 0 Å². The Morgan fingerprint density at radius 1 is 0.358 bits per heavy atom. The minimum atomic E-state index is 0.996. The lowest BCUT2D eigenvalue weighted by Gasteiger charge is -2.63. The standard InChI is InChI=1S/C51H86.C2H6/c1-4-5-18-38-34(3)31-47(42-22-10-8-20-40(38)42)35-16-14-17-36(28-27-35)50-44-24-12-13-25-45(44)51(46-29-26-33(2)30-48(46)50)49-32-37-15-6-7-19-39(37)41-21-9-11-23-43(41)49;1-2/h33-51H,4-32H2,1-3H3;1-2H3/t33?,34?,35?,36?,37?,38?,39?,40-,41?,42?,43?,44?,45?,46?,47?,48+,49?,50?,51?;/m0./s1. The smallest absolute Gasteiger partial charge is 0.0321 e. The van der Waals surface area contributed by atoms with Gasteiger partial charge in [-0.05, 0) is 202 Å². The van der Waals surface area contributed by atoms with Crippen LogP contribution in [0.25, 0.3) is 0 Å². The molecule has 304 valence electrons. The Kier molecular flexibility index (Phi) is 13.7. The lowest BCUT2D eigenvalue weighted by atomic mass is 9.42. The van der Waals surface area contributed by atoms with E-state index in [1.54, 1.807) is 173 Å². The van der Waals surface area contributed by atoms with Gasteiger partial charge in [0, 0.05) is 0 Å². The van der Waals surface area contributed by atoms with Crippen LogP contribution in [-0.4, -0.2) is 0 Å². The van der Waals surface area contributed by atoms with Crippen molar-refractivity contribution in [2.75, 3.05) is 0 Å². The van der Waals surface area contributed by atoms with Crippen LogP contribution in [-0.2, 0) is 0 Å². The monoisotopic (exact) mass is 729 g/mol. The predicted molar refractivity (Wildman–Crippen MR) is 229 cm³/mol. The summed E-state index contributed by atoms with van der Waals surface area (Å²) in [6.45, 7) is 11.9. The first-order chi connectivity index (χ1) is 26.1. The molecule has 9 aliphatic rings. The second-order valence-electron chi connectivity index (χ2n) is 22.6. The highest BCUT2D eigenvalue weighted by molar-refractivity contribution is 5.07. The van der Waals surface area contributed by atoms with Crippen LogP contribution in [0.4, 0.5) is 0 Å². The summed E-state index contributed by atoms with van der Waals surface area (Å²) < 4.78 is 0. The van der Waals surface area contributed by atoms with E-state index >= 15 is 0 Å². The van der Waals surface area contributed by atoms with Gasteiger partial charge in [0.25, 0.3) is 0 Å². The van der Waals surface area contributed by atoms with Crippen LogP contribution in [0.5, 0.6) is 0 Å². The first-order valence-electron chi connectivity index (χ1n) is 26.1. The first kappa shape index (κ1) is 39.8. The zero-order valence-corrected chi connectivity index (χ0v) is 36.5. The predicted octanol–water partition coefficient (Wildman–Crippen LogP) is 16.2. The van der Waals surface area contributed by atoms with Gasteiger partial charge in [-0.1, -0.05) is 131 Å². The van der Waals surface area contributed by atoms with E-state index in [0.717, 1.165) is 112 Å². The van der Waals surface area contributed by atoms with Gasteiger partial charge in [0.1, 0.15) is 0 Å². The lowest BCUT2D eigenvalue weighted by Crippen LogP contribution is -2.56. The SMILES string of the molecule is CC.CCCCC1C(C)CC(C2CCCC(C3C4CCCCC4C(C4CC5CCCCC5C5CCCCC54)C4CCC(C)C[C@H]43)CC2)C2CCCC[C@@H]12. The number of hydrogen-bond donors (Lipinski definition) is 0. The molecule has 9 saturated carbocycles. The van der Waals surface area contributed by atoms with Crippen LogP contribution in [0.3, 0.4) is 0 Å². The van der Waals surface area contributed by atoms with Crippen molar-refractivity contribution in [3.05, 3.63) is 0 Å². The van der Waals surface area contributed by atoms with Crippen LogP contribution in [0.2, 0.25) is 0 Å². The van der Waals surface area contributed by atoms with Crippen molar-refractivity contribution < 1.29 is 0 Å². The average Bonchev–Trinajstić information content (AvgIpc) is 3.46. The summed E-state index contributed by atoms with van der Waals surface area (Å²) in [4.78, 5) is 0. The zero-order valence-electron chi connectivity index (χ0n) is 36.5. The minimum Gasteiger partial charge on any atom is -0.0683 e. The Hall–Kier alpha value is 0. The van der Waals surface area contributed by atoms with E-state index in [4.69, 9.17) is 0 Å². The summed E-state index contributed by atoms with van der Waals surface area (Å²) in [5.74, 6) is 20.8. The second kappa shape index (κ2) is 18.3. The Bertz CT molecular complexity index is 1110. The summed E-state index contributed by atoms with van der Waals surface area (Å²) >= 11 is 0. The fourth-order valence-electron chi connectivity index (χ4n) is 18.9. The molecule has 0 saturated heterocycles. The van der Waals surface area contributed by atoms with E-state index in [-0.39, 0.29) is 0 Å². The molecule has 17 unspecified atom stereocenters. The van der Waals surface area contributed by atoms with Crippen molar-refractivity contribution in [2.24, 2.45) is 112 Å². The van der Waals surface area contributed by atoms with Crippen LogP contribution in [0, 0.1) is 112 Å².